The molecule has 1 aliphatic rings. The first-order chi connectivity index (χ1) is 14.4. The third-order valence-corrected chi connectivity index (χ3v) is 5.52. The first-order valence-electron chi connectivity index (χ1n) is 10.2. The summed E-state index contributed by atoms with van der Waals surface area (Å²) >= 11 is 0. The molecule has 2 heterocycles. The molecule has 1 unspecified atom stereocenters. The molecule has 0 saturated carbocycles. The lowest BCUT2D eigenvalue weighted by Gasteiger charge is -2.36. The van der Waals surface area contributed by atoms with Crippen LogP contribution in [0.2, 0.25) is 0 Å². The van der Waals surface area contributed by atoms with Crippen LogP contribution >= 0.6 is 0 Å². The van der Waals surface area contributed by atoms with E-state index in [9.17, 15) is 0 Å². The standard InChI is InChI=1S/C25H25N3O/c1-2-8-20(9-3-1)28-18-21(29-25-13-7-6-12-24(25)28)17-26-15-14-19-16-27-23-11-5-4-10-22(19)23/h1-13,16,21,26-27H,14-15,17-18H2. The highest BCUT2D eigenvalue weighted by atomic mass is 16.5. The number of hydrogen-bond acceptors (Lipinski definition) is 3. The summed E-state index contributed by atoms with van der Waals surface area (Å²) in [6, 6.07) is 27.3. The molecule has 4 heteroatoms. The fourth-order valence-corrected chi connectivity index (χ4v) is 4.08. The average molecular weight is 383 g/mol. The minimum Gasteiger partial charge on any atom is -0.485 e. The second-order valence-corrected chi connectivity index (χ2v) is 7.47. The molecule has 3 aromatic carbocycles. The Bertz CT molecular complexity index is 1090. The van der Waals surface area contributed by atoms with Gasteiger partial charge < -0.3 is 19.9 Å². The molecule has 0 fully saturated rings. The first-order valence-corrected chi connectivity index (χ1v) is 10.2. The van der Waals surface area contributed by atoms with Crippen LogP contribution < -0.4 is 15.0 Å². The summed E-state index contributed by atoms with van der Waals surface area (Å²) in [4.78, 5) is 5.71. The number of ether oxygens (including phenoxy) is 1. The molecule has 146 valence electrons. The Morgan fingerprint density at radius 2 is 1.72 bits per heavy atom. The highest BCUT2D eigenvalue weighted by Gasteiger charge is 2.26. The third-order valence-electron chi connectivity index (χ3n) is 5.52. The normalized spacial score (nSPS) is 15.9. The maximum Gasteiger partial charge on any atom is 0.143 e. The highest BCUT2D eigenvalue weighted by Crippen LogP contribution is 2.37. The molecule has 4 nitrogen and oxygen atoms in total. The maximum absolute atomic E-state index is 6.28. The number of aromatic amines is 1. The van der Waals surface area contributed by atoms with Crippen LogP contribution in [-0.2, 0) is 6.42 Å². The lowest BCUT2D eigenvalue weighted by Crippen LogP contribution is -2.43. The largest absolute Gasteiger partial charge is 0.485 e. The lowest BCUT2D eigenvalue weighted by molar-refractivity contribution is 0.195. The van der Waals surface area contributed by atoms with E-state index < -0.39 is 0 Å². The number of nitrogens with one attached hydrogen (secondary N) is 2. The van der Waals surface area contributed by atoms with E-state index in [4.69, 9.17) is 4.74 Å². The molecule has 0 radical (unpaired) electrons. The number of rotatable bonds is 6. The van der Waals surface area contributed by atoms with E-state index >= 15 is 0 Å². The molecular weight excluding hydrogens is 358 g/mol. The van der Waals surface area contributed by atoms with Gasteiger partial charge in [-0.25, -0.2) is 0 Å². The minimum atomic E-state index is 0.105. The van der Waals surface area contributed by atoms with E-state index in [1.54, 1.807) is 0 Å². The zero-order chi connectivity index (χ0) is 19.5. The van der Waals surface area contributed by atoms with Crippen molar-refractivity contribution in [2.75, 3.05) is 24.5 Å². The van der Waals surface area contributed by atoms with Crippen molar-refractivity contribution in [2.45, 2.75) is 12.5 Å². The predicted molar refractivity (Wildman–Crippen MR) is 119 cm³/mol. The zero-order valence-corrected chi connectivity index (χ0v) is 16.3. The monoisotopic (exact) mass is 383 g/mol. The summed E-state index contributed by atoms with van der Waals surface area (Å²) in [5, 5.41) is 4.91. The van der Waals surface area contributed by atoms with Gasteiger partial charge in [-0.3, -0.25) is 0 Å². The van der Waals surface area contributed by atoms with E-state index in [-0.39, 0.29) is 6.10 Å². The predicted octanol–water partition coefficient (Wildman–Crippen LogP) is 4.90. The van der Waals surface area contributed by atoms with Gasteiger partial charge in [-0.05, 0) is 48.9 Å². The molecule has 0 bridgehead atoms. The molecule has 29 heavy (non-hydrogen) atoms. The van der Waals surface area contributed by atoms with Crippen molar-refractivity contribution in [1.82, 2.24) is 10.3 Å². The maximum atomic E-state index is 6.28. The Hall–Kier alpha value is -3.24. The number of nitrogens with zero attached hydrogens (tertiary/aromatic N) is 1. The first kappa shape index (κ1) is 17.8. The van der Waals surface area contributed by atoms with Crippen molar-refractivity contribution < 1.29 is 4.74 Å². The van der Waals surface area contributed by atoms with Crippen LogP contribution in [0.4, 0.5) is 11.4 Å². The van der Waals surface area contributed by atoms with Crippen molar-refractivity contribution in [2.24, 2.45) is 0 Å². The number of anilines is 2. The van der Waals surface area contributed by atoms with E-state index in [2.05, 4.69) is 94.2 Å². The number of para-hydroxylation sites is 4. The van der Waals surface area contributed by atoms with Crippen LogP contribution in [0.1, 0.15) is 5.56 Å². The molecular formula is C25H25N3O. The Labute approximate surface area is 171 Å². The average Bonchev–Trinajstić information content (AvgIpc) is 3.20. The van der Waals surface area contributed by atoms with Crippen molar-refractivity contribution in [1.29, 1.82) is 0 Å². The Balaban J connectivity index is 1.24. The van der Waals surface area contributed by atoms with Crippen LogP contribution in [0.3, 0.4) is 0 Å². The van der Waals surface area contributed by atoms with Gasteiger partial charge in [-0.1, -0.05) is 48.5 Å². The summed E-state index contributed by atoms with van der Waals surface area (Å²) in [7, 11) is 0. The Morgan fingerprint density at radius 1 is 0.931 bits per heavy atom. The summed E-state index contributed by atoms with van der Waals surface area (Å²) in [5.41, 5.74) is 4.89. The third kappa shape index (κ3) is 3.71. The second kappa shape index (κ2) is 8.02. The summed E-state index contributed by atoms with van der Waals surface area (Å²) in [6.45, 7) is 2.58. The summed E-state index contributed by atoms with van der Waals surface area (Å²) in [6.07, 6.45) is 3.22. The van der Waals surface area contributed by atoms with Crippen molar-refractivity contribution >= 4 is 22.3 Å². The number of hydrogen-bond donors (Lipinski definition) is 2. The number of benzene rings is 3. The molecule has 0 amide bonds. The highest BCUT2D eigenvalue weighted by molar-refractivity contribution is 5.83. The number of aromatic nitrogens is 1. The van der Waals surface area contributed by atoms with Crippen LogP contribution in [0.25, 0.3) is 10.9 Å². The zero-order valence-electron chi connectivity index (χ0n) is 16.3. The van der Waals surface area contributed by atoms with E-state index in [1.165, 1.54) is 22.2 Å². The van der Waals surface area contributed by atoms with Gasteiger partial charge in [0.1, 0.15) is 11.9 Å². The smallest absolute Gasteiger partial charge is 0.143 e. The fraction of sp³-hybridized carbons (Fsp3) is 0.200. The molecule has 1 atom stereocenters. The van der Waals surface area contributed by atoms with Gasteiger partial charge in [0, 0.05) is 29.3 Å². The fourth-order valence-electron chi connectivity index (χ4n) is 4.08. The van der Waals surface area contributed by atoms with Gasteiger partial charge in [-0.2, -0.15) is 0 Å². The quantitative estimate of drug-likeness (QED) is 0.465. The number of H-pyrrole nitrogens is 1. The Morgan fingerprint density at radius 3 is 2.66 bits per heavy atom. The van der Waals surface area contributed by atoms with E-state index in [0.29, 0.717) is 0 Å². The second-order valence-electron chi connectivity index (χ2n) is 7.47. The van der Waals surface area contributed by atoms with E-state index in [1.807, 2.05) is 6.07 Å². The summed E-state index contributed by atoms with van der Waals surface area (Å²) < 4.78 is 6.28. The number of fused-ring (bicyclic) bond motifs is 2. The van der Waals surface area contributed by atoms with Gasteiger partial charge in [0.25, 0.3) is 0 Å². The molecule has 0 spiro atoms. The van der Waals surface area contributed by atoms with Crippen LogP contribution in [-0.4, -0.2) is 30.7 Å². The van der Waals surface area contributed by atoms with E-state index in [0.717, 1.165) is 37.5 Å². The van der Waals surface area contributed by atoms with Crippen LogP contribution in [0.15, 0.2) is 85.1 Å². The van der Waals surface area contributed by atoms with Gasteiger partial charge >= 0.3 is 0 Å². The van der Waals surface area contributed by atoms with Crippen molar-refractivity contribution in [3.63, 3.8) is 0 Å². The molecule has 4 aromatic rings. The molecule has 2 N–H and O–H groups in total. The molecule has 1 aliphatic heterocycles. The van der Waals surface area contributed by atoms with Gasteiger partial charge in [0.15, 0.2) is 0 Å². The van der Waals surface area contributed by atoms with Crippen molar-refractivity contribution in [3.05, 3.63) is 90.6 Å². The van der Waals surface area contributed by atoms with Gasteiger partial charge in [-0.15, -0.1) is 0 Å². The summed E-state index contributed by atoms with van der Waals surface area (Å²) in [5.74, 6) is 0.950. The molecule has 0 aliphatic carbocycles. The van der Waals surface area contributed by atoms with Gasteiger partial charge in [0.05, 0.1) is 12.2 Å². The van der Waals surface area contributed by atoms with Crippen LogP contribution in [0.5, 0.6) is 5.75 Å². The Kier molecular flexibility index (Phi) is 4.93. The van der Waals surface area contributed by atoms with Crippen molar-refractivity contribution in [3.8, 4) is 5.75 Å². The lowest BCUT2D eigenvalue weighted by atomic mass is 10.1. The minimum absolute atomic E-state index is 0.105. The molecule has 1 aromatic heterocycles. The SMILES string of the molecule is c1ccc(N2CC(CNCCc3c[nH]c4ccccc34)Oc3ccccc32)cc1. The molecule has 5 rings (SSSR count). The van der Waals surface area contributed by atoms with Crippen LogP contribution in [0, 0.1) is 0 Å². The molecule has 0 saturated heterocycles. The topological polar surface area (TPSA) is 40.3 Å². The van der Waals surface area contributed by atoms with Gasteiger partial charge in [0.2, 0.25) is 0 Å².